The van der Waals surface area contributed by atoms with Gasteiger partial charge in [-0.3, -0.25) is 34.8 Å². The monoisotopic (exact) mass is 491 g/mol. The van der Waals surface area contributed by atoms with E-state index in [2.05, 4.69) is 36.3 Å². The van der Waals surface area contributed by atoms with Crippen LogP contribution in [-0.2, 0) is 6.54 Å². The van der Waals surface area contributed by atoms with Crippen molar-refractivity contribution in [2.45, 2.75) is 40.2 Å². The molecule has 0 atom stereocenters. The lowest BCUT2D eigenvalue weighted by Gasteiger charge is -2.16. The molecular formula is C23H25N9O4. The summed E-state index contributed by atoms with van der Waals surface area (Å²) in [4.78, 5) is 57.8. The molecule has 4 rings (SSSR count). The van der Waals surface area contributed by atoms with E-state index in [-0.39, 0.29) is 34.0 Å². The van der Waals surface area contributed by atoms with Gasteiger partial charge in [0.25, 0.3) is 17.4 Å². The molecule has 0 radical (unpaired) electrons. The van der Waals surface area contributed by atoms with Crippen molar-refractivity contribution in [2.75, 3.05) is 0 Å². The Morgan fingerprint density at radius 2 is 1.72 bits per heavy atom. The molecule has 0 aliphatic heterocycles. The highest BCUT2D eigenvalue weighted by molar-refractivity contribution is 6.06. The maximum atomic E-state index is 13.1. The predicted octanol–water partition coefficient (Wildman–Crippen LogP) is 0.915. The summed E-state index contributed by atoms with van der Waals surface area (Å²) in [6.45, 7) is 7.92. The number of benzene rings is 1. The van der Waals surface area contributed by atoms with E-state index in [0.717, 1.165) is 0 Å². The number of hydrazine groups is 1. The first-order chi connectivity index (χ1) is 17.2. The van der Waals surface area contributed by atoms with Crippen molar-refractivity contribution in [3.05, 3.63) is 74.3 Å². The second-order valence-electron chi connectivity index (χ2n) is 8.92. The van der Waals surface area contributed by atoms with Crippen LogP contribution in [0.3, 0.4) is 0 Å². The third-order valence-corrected chi connectivity index (χ3v) is 5.39. The molecule has 0 aliphatic rings. The van der Waals surface area contributed by atoms with Gasteiger partial charge in [-0.2, -0.15) is 0 Å². The number of pyridine rings is 1. The van der Waals surface area contributed by atoms with E-state index in [9.17, 15) is 19.2 Å². The zero-order chi connectivity index (χ0) is 26.0. The molecule has 3 aromatic heterocycles. The number of hydrogen-bond donors (Lipinski definition) is 3. The number of amides is 2. The van der Waals surface area contributed by atoms with Crippen LogP contribution in [0, 0.1) is 5.92 Å². The maximum Gasteiger partial charge on any atom is 0.330 e. The number of rotatable bonds is 6. The van der Waals surface area contributed by atoms with Gasteiger partial charge in [0.1, 0.15) is 6.33 Å². The average Bonchev–Trinajstić information content (AvgIpc) is 3.39. The van der Waals surface area contributed by atoms with Gasteiger partial charge in [0.2, 0.25) is 0 Å². The number of H-pyrrole nitrogens is 1. The summed E-state index contributed by atoms with van der Waals surface area (Å²) in [5.74, 6) is -1.29. The van der Waals surface area contributed by atoms with E-state index in [1.54, 1.807) is 24.3 Å². The molecule has 1 aromatic carbocycles. The van der Waals surface area contributed by atoms with Gasteiger partial charge in [0, 0.05) is 17.8 Å². The van der Waals surface area contributed by atoms with Gasteiger partial charge in [0.15, 0.2) is 5.65 Å². The Balaban J connectivity index is 1.64. The average molecular weight is 492 g/mol. The Morgan fingerprint density at radius 1 is 1.03 bits per heavy atom. The zero-order valence-corrected chi connectivity index (χ0v) is 20.1. The maximum absolute atomic E-state index is 13.1. The number of nitrogens with one attached hydrogen (secondary N) is 3. The molecule has 4 aromatic rings. The Bertz CT molecular complexity index is 1540. The van der Waals surface area contributed by atoms with Crippen molar-refractivity contribution in [3.63, 3.8) is 0 Å². The van der Waals surface area contributed by atoms with Gasteiger partial charge in [0.05, 0.1) is 16.6 Å². The quantitative estimate of drug-likeness (QED) is 0.334. The number of hydrogen-bond acceptors (Lipinski definition) is 8. The van der Waals surface area contributed by atoms with E-state index in [0.29, 0.717) is 17.9 Å². The molecule has 0 bridgehead atoms. The molecule has 0 unspecified atom stereocenters. The molecule has 0 fully saturated rings. The zero-order valence-electron chi connectivity index (χ0n) is 20.1. The molecule has 36 heavy (non-hydrogen) atoms. The molecule has 2 amide bonds. The third kappa shape index (κ3) is 4.89. The number of nitrogens with zero attached hydrogens (tertiary/aromatic N) is 6. The first-order valence-corrected chi connectivity index (χ1v) is 11.3. The molecule has 186 valence electrons. The fourth-order valence-electron chi connectivity index (χ4n) is 3.60. The normalized spacial score (nSPS) is 11.3. The van der Waals surface area contributed by atoms with Crippen molar-refractivity contribution in [1.29, 1.82) is 0 Å². The SMILES string of the molecule is CC(C)Cn1c(=O)[nH]c(=O)c2c(C(=O)NNC(=O)c3ccc(-n4cnnn4)cc3)cc(C(C)C)nc21. The summed E-state index contributed by atoms with van der Waals surface area (Å²) < 4.78 is 2.79. The molecule has 0 spiro atoms. The lowest BCUT2D eigenvalue weighted by Crippen LogP contribution is -2.42. The minimum Gasteiger partial charge on any atom is -0.277 e. The van der Waals surface area contributed by atoms with Crippen molar-refractivity contribution in [2.24, 2.45) is 5.92 Å². The molecule has 3 heterocycles. The largest absolute Gasteiger partial charge is 0.330 e. The van der Waals surface area contributed by atoms with Gasteiger partial charge in [-0.05, 0) is 52.6 Å². The number of carbonyl (C=O) groups is 2. The summed E-state index contributed by atoms with van der Waals surface area (Å²) in [6.07, 6.45) is 1.42. The minimum absolute atomic E-state index is 0.00298. The van der Waals surface area contributed by atoms with Crippen LogP contribution < -0.4 is 22.1 Å². The molecule has 0 aliphatic carbocycles. The molecule has 13 heteroatoms. The summed E-state index contributed by atoms with van der Waals surface area (Å²) in [5, 5.41) is 10.9. The first kappa shape index (κ1) is 24.4. The van der Waals surface area contributed by atoms with E-state index in [4.69, 9.17) is 0 Å². The van der Waals surface area contributed by atoms with Crippen molar-refractivity contribution in [3.8, 4) is 5.69 Å². The first-order valence-electron chi connectivity index (χ1n) is 11.3. The van der Waals surface area contributed by atoms with Crippen LogP contribution in [0.4, 0.5) is 0 Å². The van der Waals surface area contributed by atoms with Crippen LogP contribution in [0.25, 0.3) is 16.7 Å². The van der Waals surface area contributed by atoms with Gasteiger partial charge < -0.3 is 0 Å². The van der Waals surface area contributed by atoms with Crippen LogP contribution in [0.2, 0.25) is 0 Å². The summed E-state index contributed by atoms with van der Waals surface area (Å²) in [7, 11) is 0. The topological polar surface area (TPSA) is 170 Å². The Labute approximate surface area is 204 Å². The van der Waals surface area contributed by atoms with Gasteiger partial charge in [-0.1, -0.05) is 27.7 Å². The number of tetrazole rings is 1. The van der Waals surface area contributed by atoms with Crippen LogP contribution >= 0.6 is 0 Å². The molecule has 13 nitrogen and oxygen atoms in total. The number of aromatic amines is 1. The van der Waals surface area contributed by atoms with E-state index in [1.165, 1.54) is 21.6 Å². The van der Waals surface area contributed by atoms with Crippen molar-refractivity contribution >= 4 is 22.8 Å². The summed E-state index contributed by atoms with van der Waals surface area (Å²) in [6, 6.07) is 7.88. The highest BCUT2D eigenvalue weighted by Crippen LogP contribution is 2.20. The molecule has 0 saturated heterocycles. The number of aromatic nitrogens is 7. The van der Waals surface area contributed by atoms with E-state index in [1.807, 2.05) is 27.7 Å². The van der Waals surface area contributed by atoms with E-state index < -0.39 is 23.1 Å². The highest BCUT2D eigenvalue weighted by Gasteiger charge is 2.21. The Kier molecular flexibility index (Phi) is 6.72. The third-order valence-electron chi connectivity index (χ3n) is 5.39. The lowest BCUT2D eigenvalue weighted by molar-refractivity contribution is 0.0847. The van der Waals surface area contributed by atoms with E-state index >= 15 is 0 Å². The standard InChI is InChI=1S/C23H25N9O4/c1-12(2)10-31-19-18(22(35)26-23(31)36)16(9-17(25-19)13(3)4)21(34)28-27-20(33)14-5-7-15(8-6-14)32-11-24-29-30-32/h5-9,11-13H,10H2,1-4H3,(H,27,33)(H,28,34)(H,26,35,36). The van der Waals surface area contributed by atoms with Crippen molar-refractivity contribution < 1.29 is 9.59 Å². The fraction of sp³-hybridized carbons (Fsp3) is 0.304. The van der Waals surface area contributed by atoms with Gasteiger partial charge >= 0.3 is 5.69 Å². The van der Waals surface area contributed by atoms with Crippen LogP contribution in [0.5, 0.6) is 0 Å². The molecule has 3 N–H and O–H groups in total. The second kappa shape index (κ2) is 9.90. The minimum atomic E-state index is -0.729. The number of carbonyl (C=O) groups excluding carboxylic acids is 2. The number of fused-ring (bicyclic) bond motifs is 1. The summed E-state index contributed by atoms with van der Waals surface area (Å²) in [5.41, 5.74) is 4.96. The summed E-state index contributed by atoms with van der Waals surface area (Å²) >= 11 is 0. The van der Waals surface area contributed by atoms with Gasteiger partial charge in [-0.25, -0.2) is 14.5 Å². The lowest BCUT2D eigenvalue weighted by atomic mass is 10.0. The fourth-order valence-corrected chi connectivity index (χ4v) is 3.60. The smallest absolute Gasteiger partial charge is 0.277 e. The van der Waals surface area contributed by atoms with Crippen molar-refractivity contribution in [1.82, 2.24) is 45.6 Å². The molecule has 0 saturated carbocycles. The van der Waals surface area contributed by atoms with Crippen LogP contribution in [0.1, 0.15) is 60.0 Å². The van der Waals surface area contributed by atoms with Crippen LogP contribution in [0.15, 0.2) is 46.2 Å². The highest BCUT2D eigenvalue weighted by atomic mass is 16.2. The van der Waals surface area contributed by atoms with Crippen LogP contribution in [-0.4, -0.2) is 46.6 Å². The predicted molar refractivity (Wildman–Crippen MR) is 130 cm³/mol. The van der Waals surface area contributed by atoms with Gasteiger partial charge in [-0.15, -0.1) is 5.10 Å². The second-order valence-corrected chi connectivity index (χ2v) is 8.92. The Hall–Kier alpha value is -4.68. The molecular weight excluding hydrogens is 466 g/mol. The Morgan fingerprint density at radius 3 is 2.33 bits per heavy atom.